The highest BCUT2D eigenvalue weighted by Crippen LogP contribution is 2.33. The van der Waals surface area contributed by atoms with E-state index in [1.165, 1.54) is 0 Å². The highest BCUT2D eigenvalue weighted by Gasteiger charge is 2.17. The zero-order chi connectivity index (χ0) is 14.5. The summed E-state index contributed by atoms with van der Waals surface area (Å²) < 4.78 is 30.6. The molecule has 1 aromatic rings. The molecule has 0 aliphatic rings. The molecule has 1 atom stereocenters. The van der Waals surface area contributed by atoms with Gasteiger partial charge in [-0.1, -0.05) is 49.0 Å². The van der Waals surface area contributed by atoms with Crippen LogP contribution in [0.3, 0.4) is 0 Å². The molecule has 0 radical (unpaired) electrons. The quantitative estimate of drug-likeness (QED) is 0.749. The summed E-state index contributed by atoms with van der Waals surface area (Å²) in [5.41, 5.74) is 0.892. The highest BCUT2D eigenvalue weighted by atomic mass is 35.5. The van der Waals surface area contributed by atoms with Crippen molar-refractivity contribution in [1.29, 1.82) is 0 Å². The van der Waals surface area contributed by atoms with Crippen molar-refractivity contribution in [2.75, 3.05) is 5.75 Å². The van der Waals surface area contributed by atoms with Crippen LogP contribution >= 0.6 is 23.2 Å². The summed E-state index contributed by atoms with van der Waals surface area (Å²) in [4.78, 5) is 0. The molecule has 0 saturated heterocycles. The Morgan fingerprint density at radius 2 is 1.95 bits per heavy atom. The van der Waals surface area contributed by atoms with E-state index in [4.69, 9.17) is 27.8 Å². The molecular formula is C13H18Cl2O3S. The Hall–Kier alpha value is -0.290. The molecule has 1 unspecified atom stereocenters. The Bertz CT molecular complexity index is 515. The minimum Gasteiger partial charge on any atom is -0.286 e. The van der Waals surface area contributed by atoms with Gasteiger partial charge in [0.25, 0.3) is 10.1 Å². The smallest absolute Gasteiger partial charge is 0.264 e. The van der Waals surface area contributed by atoms with Gasteiger partial charge in [0.05, 0.1) is 5.75 Å². The maximum Gasteiger partial charge on any atom is 0.264 e. The topological polar surface area (TPSA) is 54.4 Å². The van der Waals surface area contributed by atoms with Crippen molar-refractivity contribution in [1.82, 2.24) is 0 Å². The van der Waals surface area contributed by atoms with Gasteiger partial charge >= 0.3 is 0 Å². The van der Waals surface area contributed by atoms with Crippen molar-refractivity contribution in [2.45, 2.75) is 38.5 Å². The van der Waals surface area contributed by atoms with Crippen LogP contribution in [0.1, 0.15) is 44.1 Å². The first-order chi connectivity index (χ1) is 8.83. The summed E-state index contributed by atoms with van der Waals surface area (Å²) in [5.74, 6) is -0.230. The number of halogens is 2. The summed E-state index contributed by atoms with van der Waals surface area (Å²) in [7, 11) is -3.94. The lowest BCUT2D eigenvalue weighted by Crippen LogP contribution is -2.10. The van der Waals surface area contributed by atoms with E-state index in [2.05, 4.69) is 6.92 Å². The lowest BCUT2D eigenvalue weighted by molar-refractivity contribution is 0.473. The van der Waals surface area contributed by atoms with Gasteiger partial charge in [0.1, 0.15) is 0 Å². The molecule has 108 valence electrons. The van der Waals surface area contributed by atoms with Gasteiger partial charge in [-0.3, -0.25) is 4.55 Å². The molecule has 0 aromatic heterocycles. The molecule has 6 heteroatoms. The van der Waals surface area contributed by atoms with Gasteiger partial charge in [-0.05, 0) is 36.5 Å². The van der Waals surface area contributed by atoms with Crippen molar-refractivity contribution in [3.8, 4) is 0 Å². The number of rotatable bonds is 7. The monoisotopic (exact) mass is 324 g/mol. The molecule has 1 N–H and O–H groups in total. The minimum absolute atomic E-state index is 0.0200. The van der Waals surface area contributed by atoms with E-state index in [1.807, 2.05) is 6.07 Å². The van der Waals surface area contributed by atoms with E-state index < -0.39 is 10.1 Å². The molecular weight excluding hydrogens is 307 g/mol. The van der Waals surface area contributed by atoms with Gasteiger partial charge in [-0.15, -0.1) is 0 Å². The van der Waals surface area contributed by atoms with E-state index >= 15 is 0 Å². The van der Waals surface area contributed by atoms with Crippen LogP contribution in [-0.4, -0.2) is 18.7 Å². The number of hydrogen-bond acceptors (Lipinski definition) is 2. The number of hydrogen-bond donors (Lipinski definition) is 1. The zero-order valence-corrected chi connectivity index (χ0v) is 13.1. The van der Waals surface area contributed by atoms with E-state index in [9.17, 15) is 8.42 Å². The molecule has 0 bridgehead atoms. The van der Waals surface area contributed by atoms with Crippen LogP contribution in [0.25, 0.3) is 0 Å². The molecule has 0 amide bonds. The van der Waals surface area contributed by atoms with E-state index in [0.717, 1.165) is 24.8 Å². The fourth-order valence-corrected chi connectivity index (χ4v) is 3.17. The van der Waals surface area contributed by atoms with Crippen molar-refractivity contribution >= 4 is 33.3 Å². The van der Waals surface area contributed by atoms with E-state index in [0.29, 0.717) is 16.5 Å². The summed E-state index contributed by atoms with van der Waals surface area (Å²) >= 11 is 12.0. The average Bonchev–Trinajstić information content (AvgIpc) is 2.29. The first-order valence-electron chi connectivity index (χ1n) is 6.23. The van der Waals surface area contributed by atoms with Crippen molar-refractivity contribution < 1.29 is 13.0 Å². The Morgan fingerprint density at radius 3 is 2.47 bits per heavy atom. The third-order valence-corrected chi connectivity index (χ3v) is 4.35. The Morgan fingerprint density at radius 1 is 1.26 bits per heavy atom. The summed E-state index contributed by atoms with van der Waals surface area (Å²) in [6, 6.07) is 5.23. The second-order valence-corrected chi connectivity index (χ2v) is 7.00. The van der Waals surface area contributed by atoms with Crippen LogP contribution < -0.4 is 0 Å². The Balaban J connectivity index is 2.88. The van der Waals surface area contributed by atoms with Gasteiger partial charge in [0.15, 0.2) is 0 Å². The summed E-state index contributed by atoms with van der Waals surface area (Å²) in [5, 5.41) is 1.10. The van der Waals surface area contributed by atoms with Crippen LogP contribution in [0.4, 0.5) is 0 Å². The lowest BCUT2D eigenvalue weighted by atomic mass is 9.91. The molecule has 0 heterocycles. The second kappa shape index (κ2) is 7.48. The molecule has 0 saturated carbocycles. The third kappa shape index (κ3) is 6.13. The molecule has 0 aliphatic heterocycles. The van der Waals surface area contributed by atoms with Crippen molar-refractivity contribution in [3.63, 3.8) is 0 Å². The molecule has 0 aliphatic carbocycles. The van der Waals surface area contributed by atoms with Gasteiger partial charge < -0.3 is 0 Å². The van der Waals surface area contributed by atoms with Crippen molar-refractivity contribution in [3.05, 3.63) is 33.8 Å². The van der Waals surface area contributed by atoms with Crippen LogP contribution in [0, 0.1) is 0 Å². The molecule has 3 nitrogen and oxygen atoms in total. The molecule has 0 fully saturated rings. The molecule has 1 rings (SSSR count). The van der Waals surface area contributed by atoms with Gasteiger partial charge in [0, 0.05) is 10.0 Å². The first kappa shape index (κ1) is 16.8. The normalized spacial score (nSPS) is 13.5. The average molecular weight is 325 g/mol. The predicted molar refractivity (Wildman–Crippen MR) is 79.8 cm³/mol. The zero-order valence-electron chi connectivity index (χ0n) is 10.8. The highest BCUT2D eigenvalue weighted by molar-refractivity contribution is 7.85. The standard InChI is InChI=1S/C13H18Cl2O3S/c1-2-3-4-10(7-8-19(16,17)18)12-6-5-11(14)9-13(12)15/h5-6,9-10H,2-4,7-8H2,1H3,(H,16,17,18). The maximum absolute atomic E-state index is 10.9. The van der Waals surface area contributed by atoms with E-state index in [-0.39, 0.29) is 11.7 Å². The minimum atomic E-state index is -3.94. The molecule has 1 aromatic carbocycles. The Labute approximate surface area is 124 Å². The molecule has 0 spiro atoms. The van der Waals surface area contributed by atoms with Crippen LogP contribution in [0.2, 0.25) is 10.0 Å². The fraction of sp³-hybridized carbons (Fsp3) is 0.538. The second-order valence-electron chi connectivity index (χ2n) is 4.58. The fourth-order valence-electron chi connectivity index (χ4n) is 2.03. The maximum atomic E-state index is 10.9. The SMILES string of the molecule is CCCCC(CCS(=O)(=O)O)c1ccc(Cl)cc1Cl. The van der Waals surface area contributed by atoms with Crippen LogP contribution in [0.15, 0.2) is 18.2 Å². The third-order valence-electron chi connectivity index (χ3n) is 3.03. The van der Waals surface area contributed by atoms with Crippen LogP contribution in [-0.2, 0) is 10.1 Å². The predicted octanol–water partition coefficient (Wildman–Crippen LogP) is 4.55. The van der Waals surface area contributed by atoms with Crippen LogP contribution in [0.5, 0.6) is 0 Å². The number of benzene rings is 1. The first-order valence-corrected chi connectivity index (χ1v) is 8.60. The number of unbranched alkanes of at least 4 members (excludes halogenated alkanes) is 1. The summed E-state index contributed by atoms with van der Waals surface area (Å²) in [6.07, 6.45) is 3.20. The largest absolute Gasteiger partial charge is 0.286 e. The lowest BCUT2D eigenvalue weighted by Gasteiger charge is -2.18. The van der Waals surface area contributed by atoms with Crippen molar-refractivity contribution in [2.24, 2.45) is 0 Å². The van der Waals surface area contributed by atoms with E-state index in [1.54, 1.807) is 12.1 Å². The Kier molecular flexibility index (Phi) is 6.60. The van der Waals surface area contributed by atoms with Gasteiger partial charge in [0.2, 0.25) is 0 Å². The summed E-state index contributed by atoms with van der Waals surface area (Å²) in [6.45, 7) is 2.07. The van der Waals surface area contributed by atoms with Gasteiger partial charge in [-0.2, -0.15) is 8.42 Å². The molecule has 19 heavy (non-hydrogen) atoms. The van der Waals surface area contributed by atoms with Gasteiger partial charge in [-0.25, -0.2) is 0 Å².